The van der Waals surface area contributed by atoms with Crippen molar-refractivity contribution in [3.05, 3.63) is 48.8 Å². The maximum atomic E-state index is 5.82. The predicted octanol–water partition coefficient (Wildman–Crippen LogP) is 7.80. The van der Waals surface area contributed by atoms with Gasteiger partial charge in [0.1, 0.15) is 5.75 Å². The molecule has 0 bridgehead atoms. The van der Waals surface area contributed by atoms with Crippen LogP contribution in [0.3, 0.4) is 0 Å². The van der Waals surface area contributed by atoms with E-state index in [-0.39, 0.29) is 0 Å². The van der Waals surface area contributed by atoms with E-state index >= 15 is 0 Å². The number of azo groups is 1. The highest BCUT2D eigenvalue weighted by Gasteiger charge is 1.97. The van der Waals surface area contributed by atoms with E-state index in [0.717, 1.165) is 30.2 Å². The lowest BCUT2D eigenvalue weighted by Crippen LogP contribution is -1.96. The highest BCUT2D eigenvalue weighted by molar-refractivity contribution is 5.42. The molecule has 4 nitrogen and oxygen atoms in total. The molecule has 146 valence electrons. The van der Waals surface area contributed by atoms with Gasteiger partial charge in [0, 0.05) is 12.4 Å². The van der Waals surface area contributed by atoms with Crippen LogP contribution in [0.25, 0.3) is 0 Å². The Morgan fingerprint density at radius 1 is 0.667 bits per heavy atom. The van der Waals surface area contributed by atoms with Gasteiger partial charge in [-0.3, -0.25) is 4.98 Å². The smallest absolute Gasteiger partial charge is 0.119 e. The lowest BCUT2D eigenvalue weighted by atomic mass is 10.1. The summed E-state index contributed by atoms with van der Waals surface area (Å²) in [5, 5.41) is 8.40. The molecule has 0 N–H and O–H groups in total. The molecular weight excluding hydrogens is 334 g/mol. The number of aromatic nitrogens is 1. The molecule has 0 spiro atoms. The largest absolute Gasteiger partial charge is 0.494 e. The molecule has 4 heteroatoms. The monoisotopic (exact) mass is 367 g/mol. The van der Waals surface area contributed by atoms with Crippen molar-refractivity contribution in [2.45, 2.75) is 71.1 Å². The van der Waals surface area contributed by atoms with Gasteiger partial charge in [0.15, 0.2) is 0 Å². The van der Waals surface area contributed by atoms with Crippen molar-refractivity contribution in [1.82, 2.24) is 4.98 Å². The number of nitrogens with zero attached hydrogens (tertiary/aromatic N) is 3. The van der Waals surface area contributed by atoms with E-state index in [1.807, 2.05) is 36.4 Å². The average Bonchev–Trinajstić information content (AvgIpc) is 2.72. The predicted molar refractivity (Wildman–Crippen MR) is 112 cm³/mol. The van der Waals surface area contributed by atoms with Gasteiger partial charge in [0.2, 0.25) is 0 Å². The summed E-state index contributed by atoms with van der Waals surface area (Å²) in [5.74, 6) is 0.897. The van der Waals surface area contributed by atoms with Crippen LogP contribution in [0.2, 0.25) is 0 Å². The van der Waals surface area contributed by atoms with Crippen molar-refractivity contribution >= 4 is 11.4 Å². The molecule has 0 amide bonds. The molecule has 0 saturated carbocycles. The second-order valence-electron chi connectivity index (χ2n) is 6.93. The van der Waals surface area contributed by atoms with Crippen LogP contribution >= 0.6 is 0 Å². The molecule has 0 radical (unpaired) electrons. The molecule has 0 aliphatic rings. The Morgan fingerprint density at radius 2 is 1.19 bits per heavy atom. The zero-order valence-corrected chi connectivity index (χ0v) is 16.6. The van der Waals surface area contributed by atoms with Crippen molar-refractivity contribution < 1.29 is 4.74 Å². The minimum Gasteiger partial charge on any atom is -0.494 e. The molecule has 2 aromatic rings. The van der Waals surface area contributed by atoms with Gasteiger partial charge < -0.3 is 4.74 Å². The molecule has 27 heavy (non-hydrogen) atoms. The minimum absolute atomic E-state index is 0.786. The topological polar surface area (TPSA) is 46.8 Å². The van der Waals surface area contributed by atoms with Crippen LogP contribution in [0.15, 0.2) is 59.0 Å². The van der Waals surface area contributed by atoms with Crippen LogP contribution in [0.4, 0.5) is 11.4 Å². The normalized spacial score (nSPS) is 11.1. The lowest BCUT2D eigenvalue weighted by Gasteiger charge is -2.06. The number of pyridine rings is 1. The maximum Gasteiger partial charge on any atom is 0.119 e. The van der Waals surface area contributed by atoms with E-state index in [4.69, 9.17) is 4.74 Å². The lowest BCUT2D eigenvalue weighted by molar-refractivity contribution is 0.304. The Hall–Kier alpha value is -2.23. The van der Waals surface area contributed by atoms with Gasteiger partial charge in [0.05, 0.1) is 18.0 Å². The van der Waals surface area contributed by atoms with Gasteiger partial charge in [-0.05, 0) is 42.8 Å². The Balaban J connectivity index is 1.52. The molecule has 2 rings (SSSR count). The van der Waals surface area contributed by atoms with E-state index < -0.39 is 0 Å². The molecule has 0 atom stereocenters. The molecule has 1 aromatic heterocycles. The van der Waals surface area contributed by atoms with Gasteiger partial charge in [-0.1, -0.05) is 64.7 Å². The van der Waals surface area contributed by atoms with Gasteiger partial charge >= 0.3 is 0 Å². The standard InChI is InChI=1S/C23H33N3O/c1-2-3-4-5-6-7-8-9-10-11-20-27-23-14-12-21(13-15-23)25-26-22-16-18-24-19-17-22/h12-19H,2-11,20H2,1H3. The fraction of sp³-hybridized carbons (Fsp3) is 0.522. The summed E-state index contributed by atoms with van der Waals surface area (Å²) in [4.78, 5) is 3.96. The summed E-state index contributed by atoms with van der Waals surface area (Å²) in [6, 6.07) is 11.4. The van der Waals surface area contributed by atoms with Gasteiger partial charge in [0.25, 0.3) is 0 Å². The SMILES string of the molecule is CCCCCCCCCCCCOc1ccc(N=Nc2ccncc2)cc1. The third-order valence-electron chi connectivity index (χ3n) is 4.55. The zero-order chi connectivity index (χ0) is 19.0. The minimum atomic E-state index is 0.786. The number of hydrogen-bond acceptors (Lipinski definition) is 4. The molecular formula is C23H33N3O. The number of benzene rings is 1. The van der Waals surface area contributed by atoms with Crippen LogP contribution in [-0.4, -0.2) is 11.6 Å². The van der Waals surface area contributed by atoms with Crippen molar-refractivity contribution in [2.24, 2.45) is 10.2 Å². The first-order valence-corrected chi connectivity index (χ1v) is 10.4. The fourth-order valence-electron chi connectivity index (χ4n) is 2.91. The van der Waals surface area contributed by atoms with Crippen molar-refractivity contribution in [2.75, 3.05) is 6.61 Å². The van der Waals surface area contributed by atoms with Crippen LogP contribution in [0.1, 0.15) is 71.1 Å². The summed E-state index contributed by atoms with van der Waals surface area (Å²) in [6.45, 7) is 3.06. The van der Waals surface area contributed by atoms with Crippen molar-refractivity contribution in [3.63, 3.8) is 0 Å². The molecule has 0 aliphatic carbocycles. The Bertz CT molecular complexity index is 626. The third-order valence-corrected chi connectivity index (χ3v) is 4.55. The molecule has 0 fully saturated rings. The second-order valence-corrected chi connectivity index (χ2v) is 6.93. The first-order chi connectivity index (χ1) is 13.4. The van der Waals surface area contributed by atoms with Crippen LogP contribution < -0.4 is 4.74 Å². The average molecular weight is 368 g/mol. The molecule has 0 aliphatic heterocycles. The van der Waals surface area contributed by atoms with E-state index in [9.17, 15) is 0 Å². The summed E-state index contributed by atoms with van der Waals surface area (Å²) < 4.78 is 5.82. The van der Waals surface area contributed by atoms with Gasteiger partial charge in [-0.25, -0.2) is 0 Å². The Kier molecular flexibility index (Phi) is 10.9. The van der Waals surface area contributed by atoms with Crippen LogP contribution in [-0.2, 0) is 0 Å². The van der Waals surface area contributed by atoms with Gasteiger partial charge in [-0.2, -0.15) is 10.2 Å². The summed E-state index contributed by atoms with van der Waals surface area (Å²) >= 11 is 0. The highest BCUT2D eigenvalue weighted by atomic mass is 16.5. The van der Waals surface area contributed by atoms with Crippen LogP contribution in [0.5, 0.6) is 5.75 Å². The van der Waals surface area contributed by atoms with E-state index in [2.05, 4.69) is 22.1 Å². The van der Waals surface area contributed by atoms with Crippen LogP contribution in [0, 0.1) is 0 Å². The first kappa shape index (κ1) is 21.1. The van der Waals surface area contributed by atoms with Crippen molar-refractivity contribution in [3.8, 4) is 5.75 Å². The molecule has 0 unspecified atom stereocenters. The first-order valence-electron chi connectivity index (χ1n) is 10.4. The summed E-state index contributed by atoms with van der Waals surface area (Å²) in [6.07, 6.45) is 16.8. The van der Waals surface area contributed by atoms with Gasteiger partial charge in [-0.15, -0.1) is 0 Å². The highest BCUT2D eigenvalue weighted by Crippen LogP contribution is 2.21. The zero-order valence-electron chi connectivity index (χ0n) is 16.6. The number of ether oxygens (including phenoxy) is 1. The molecule has 1 heterocycles. The second kappa shape index (κ2) is 13.9. The Morgan fingerprint density at radius 3 is 1.78 bits per heavy atom. The number of hydrogen-bond donors (Lipinski definition) is 0. The third kappa shape index (κ3) is 9.88. The van der Waals surface area contributed by atoms with E-state index in [0.29, 0.717) is 0 Å². The fourth-order valence-corrected chi connectivity index (χ4v) is 2.91. The quantitative estimate of drug-likeness (QED) is 0.252. The number of unbranched alkanes of at least 4 members (excludes halogenated alkanes) is 9. The molecule has 0 saturated heterocycles. The van der Waals surface area contributed by atoms with E-state index in [1.54, 1.807) is 12.4 Å². The Labute approximate surface area is 164 Å². The summed E-state index contributed by atoms with van der Waals surface area (Å²) in [5.41, 5.74) is 1.62. The number of rotatable bonds is 14. The van der Waals surface area contributed by atoms with E-state index in [1.165, 1.54) is 57.8 Å². The maximum absolute atomic E-state index is 5.82. The summed E-state index contributed by atoms with van der Waals surface area (Å²) in [7, 11) is 0. The molecule has 1 aromatic carbocycles. The van der Waals surface area contributed by atoms with Crippen molar-refractivity contribution in [1.29, 1.82) is 0 Å².